The van der Waals surface area contributed by atoms with Crippen molar-refractivity contribution in [3.63, 3.8) is 0 Å². The van der Waals surface area contributed by atoms with Gasteiger partial charge in [0.25, 0.3) is 0 Å². The zero-order valence-electron chi connectivity index (χ0n) is 12.6. The number of nitrogens with zero attached hydrogens (tertiary/aromatic N) is 1. The molecule has 0 radical (unpaired) electrons. The van der Waals surface area contributed by atoms with E-state index < -0.39 is 12.1 Å². The molecule has 2 atom stereocenters. The van der Waals surface area contributed by atoms with Crippen LogP contribution in [0.1, 0.15) is 33.6 Å². The van der Waals surface area contributed by atoms with E-state index in [1.807, 2.05) is 31.2 Å². The lowest BCUT2D eigenvalue weighted by atomic mass is 9.97. The molecule has 0 aromatic heterocycles. The number of hydrogen-bond acceptors (Lipinski definition) is 2. The van der Waals surface area contributed by atoms with E-state index in [1.165, 1.54) is 0 Å². The van der Waals surface area contributed by atoms with Crippen LogP contribution in [-0.4, -0.2) is 23.9 Å². The van der Waals surface area contributed by atoms with E-state index in [0.717, 1.165) is 9.26 Å². The van der Waals surface area contributed by atoms with Crippen LogP contribution in [0.4, 0.5) is 5.69 Å². The van der Waals surface area contributed by atoms with Crippen molar-refractivity contribution in [2.45, 2.75) is 45.7 Å². The van der Waals surface area contributed by atoms with Crippen LogP contribution in [0, 0.1) is 9.49 Å². The molecule has 1 aliphatic rings. The molecule has 114 valence electrons. The van der Waals surface area contributed by atoms with E-state index in [2.05, 4.69) is 41.8 Å². The number of nitrogens with one attached hydrogen (secondary N) is 1. The zero-order valence-corrected chi connectivity index (χ0v) is 14.8. The van der Waals surface area contributed by atoms with Crippen LogP contribution in [0.5, 0.6) is 0 Å². The molecule has 5 heteroatoms. The lowest BCUT2D eigenvalue weighted by molar-refractivity contribution is -0.134. The monoisotopic (exact) mass is 400 g/mol. The Balaban J connectivity index is 2.34. The summed E-state index contributed by atoms with van der Waals surface area (Å²) in [6, 6.07) is 6.90. The molecule has 1 aromatic rings. The highest BCUT2D eigenvalue weighted by Gasteiger charge is 2.40. The molecule has 0 aliphatic carbocycles. The van der Waals surface area contributed by atoms with Gasteiger partial charge < -0.3 is 5.32 Å². The Morgan fingerprint density at radius 1 is 1.24 bits per heavy atom. The van der Waals surface area contributed by atoms with Crippen LogP contribution < -0.4 is 10.2 Å². The summed E-state index contributed by atoms with van der Waals surface area (Å²) in [6.07, 6.45) is 1.28. The normalized spacial score (nSPS) is 22.6. The van der Waals surface area contributed by atoms with E-state index in [4.69, 9.17) is 0 Å². The first-order chi connectivity index (χ1) is 9.93. The van der Waals surface area contributed by atoms with E-state index in [0.29, 0.717) is 18.8 Å². The summed E-state index contributed by atoms with van der Waals surface area (Å²) >= 11 is 2.23. The van der Waals surface area contributed by atoms with E-state index in [9.17, 15) is 9.59 Å². The minimum atomic E-state index is -0.417. The Morgan fingerprint density at radius 2 is 1.86 bits per heavy atom. The highest BCUT2D eigenvalue weighted by Crippen LogP contribution is 2.25. The number of halogens is 1. The third-order valence-electron chi connectivity index (χ3n) is 3.66. The largest absolute Gasteiger partial charge is 0.342 e. The van der Waals surface area contributed by atoms with Crippen LogP contribution in [0.3, 0.4) is 0 Å². The Kier molecular flexibility index (Phi) is 5.24. The van der Waals surface area contributed by atoms with Gasteiger partial charge in [-0.3, -0.25) is 14.5 Å². The lowest BCUT2D eigenvalue weighted by Gasteiger charge is -2.39. The van der Waals surface area contributed by atoms with Crippen LogP contribution in [0.2, 0.25) is 0 Å². The van der Waals surface area contributed by atoms with Crippen molar-refractivity contribution in [1.29, 1.82) is 0 Å². The van der Waals surface area contributed by atoms with Crippen molar-refractivity contribution in [2.75, 3.05) is 4.90 Å². The van der Waals surface area contributed by atoms with E-state index >= 15 is 0 Å². The van der Waals surface area contributed by atoms with Crippen molar-refractivity contribution in [1.82, 2.24) is 5.32 Å². The van der Waals surface area contributed by atoms with Crippen LogP contribution in [-0.2, 0) is 9.59 Å². The van der Waals surface area contributed by atoms with Gasteiger partial charge in [-0.25, -0.2) is 0 Å². The maximum atomic E-state index is 12.8. The van der Waals surface area contributed by atoms with Crippen molar-refractivity contribution < 1.29 is 9.59 Å². The molecule has 2 amide bonds. The first kappa shape index (κ1) is 16.3. The number of carbonyl (C=O) groups excluding carboxylic acids is 2. The standard InChI is InChI=1S/C16H21IN2O2/c1-4-14-15(20)18-13(9-10(2)3)16(21)19(14)12-7-5-11(17)6-8-12/h5-8,10,13-14H,4,9H2,1-3H3,(H,18,20). The van der Waals surface area contributed by atoms with Crippen molar-refractivity contribution in [3.8, 4) is 0 Å². The van der Waals surface area contributed by atoms with Crippen LogP contribution >= 0.6 is 22.6 Å². The maximum absolute atomic E-state index is 12.8. The first-order valence-corrected chi connectivity index (χ1v) is 8.41. The summed E-state index contributed by atoms with van der Waals surface area (Å²) < 4.78 is 1.11. The fourth-order valence-electron chi connectivity index (χ4n) is 2.68. The number of benzene rings is 1. The van der Waals surface area contributed by atoms with Gasteiger partial charge in [0.15, 0.2) is 0 Å². The number of amides is 2. The zero-order chi connectivity index (χ0) is 15.6. The fourth-order valence-corrected chi connectivity index (χ4v) is 3.04. The maximum Gasteiger partial charge on any atom is 0.250 e. The molecule has 1 aliphatic heterocycles. The topological polar surface area (TPSA) is 49.4 Å². The summed E-state index contributed by atoms with van der Waals surface area (Å²) in [5.41, 5.74) is 0.802. The number of piperazine rings is 1. The van der Waals surface area contributed by atoms with Gasteiger partial charge in [0.2, 0.25) is 11.8 Å². The summed E-state index contributed by atoms with van der Waals surface area (Å²) in [5.74, 6) is 0.300. The Morgan fingerprint density at radius 3 is 2.38 bits per heavy atom. The summed E-state index contributed by atoms with van der Waals surface area (Å²) in [7, 11) is 0. The minimum Gasteiger partial charge on any atom is -0.342 e. The predicted octanol–water partition coefficient (Wildman–Crippen LogP) is 2.95. The second kappa shape index (κ2) is 6.77. The Labute approximate surface area is 139 Å². The molecule has 0 saturated carbocycles. The molecule has 1 fully saturated rings. The number of hydrogen-bond donors (Lipinski definition) is 1. The second-order valence-corrected chi connectivity index (χ2v) is 7.05. The van der Waals surface area contributed by atoms with Gasteiger partial charge in [-0.2, -0.15) is 0 Å². The average Bonchev–Trinajstić information content (AvgIpc) is 2.43. The molecule has 0 bridgehead atoms. The highest BCUT2D eigenvalue weighted by atomic mass is 127. The van der Waals surface area contributed by atoms with Crippen molar-refractivity contribution in [2.24, 2.45) is 5.92 Å². The van der Waals surface area contributed by atoms with Gasteiger partial charge in [-0.05, 0) is 65.6 Å². The molecule has 2 unspecified atom stereocenters. The molecule has 2 rings (SSSR count). The van der Waals surface area contributed by atoms with Crippen LogP contribution in [0.25, 0.3) is 0 Å². The number of rotatable bonds is 4. The molecular weight excluding hydrogens is 379 g/mol. The summed E-state index contributed by atoms with van der Waals surface area (Å²) in [5, 5.41) is 2.88. The molecule has 0 spiro atoms. The van der Waals surface area contributed by atoms with Gasteiger partial charge in [-0.1, -0.05) is 20.8 Å². The van der Waals surface area contributed by atoms with Gasteiger partial charge in [0.05, 0.1) is 0 Å². The molecule has 1 N–H and O–H groups in total. The molecular formula is C16H21IN2O2. The van der Waals surface area contributed by atoms with Crippen molar-refractivity contribution >= 4 is 40.1 Å². The molecule has 21 heavy (non-hydrogen) atoms. The molecule has 1 heterocycles. The highest BCUT2D eigenvalue weighted by molar-refractivity contribution is 14.1. The molecule has 1 aromatic carbocycles. The van der Waals surface area contributed by atoms with Crippen LogP contribution in [0.15, 0.2) is 24.3 Å². The smallest absolute Gasteiger partial charge is 0.250 e. The molecule has 1 saturated heterocycles. The third kappa shape index (κ3) is 3.56. The summed E-state index contributed by atoms with van der Waals surface area (Å²) in [4.78, 5) is 26.7. The number of carbonyl (C=O) groups is 2. The van der Waals surface area contributed by atoms with Gasteiger partial charge >= 0.3 is 0 Å². The third-order valence-corrected chi connectivity index (χ3v) is 4.38. The molecule has 4 nitrogen and oxygen atoms in total. The van der Waals surface area contributed by atoms with Gasteiger partial charge in [0.1, 0.15) is 12.1 Å². The minimum absolute atomic E-state index is 0.00337. The average molecular weight is 400 g/mol. The van der Waals surface area contributed by atoms with E-state index in [-0.39, 0.29) is 11.8 Å². The fraction of sp³-hybridized carbons (Fsp3) is 0.500. The van der Waals surface area contributed by atoms with Gasteiger partial charge in [0, 0.05) is 9.26 Å². The Hall–Kier alpha value is -1.11. The Bertz CT molecular complexity index is 528. The predicted molar refractivity (Wildman–Crippen MR) is 92.1 cm³/mol. The van der Waals surface area contributed by atoms with Gasteiger partial charge in [-0.15, -0.1) is 0 Å². The lowest BCUT2D eigenvalue weighted by Crippen LogP contribution is -2.63. The number of anilines is 1. The van der Waals surface area contributed by atoms with Crippen molar-refractivity contribution in [3.05, 3.63) is 27.8 Å². The quantitative estimate of drug-likeness (QED) is 0.791. The second-order valence-electron chi connectivity index (χ2n) is 5.80. The first-order valence-electron chi connectivity index (χ1n) is 7.33. The van der Waals surface area contributed by atoms with E-state index in [1.54, 1.807) is 4.90 Å². The SMILES string of the molecule is CCC1C(=O)NC(CC(C)C)C(=O)N1c1ccc(I)cc1. The summed E-state index contributed by atoms with van der Waals surface area (Å²) in [6.45, 7) is 6.04.